The van der Waals surface area contributed by atoms with Gasteiger partial charge in [-0.2, -0.15) is 0 Å². The Labute approximate surface area is 264 Å². The molecule has 1 saturated heterocycles. The molecule has 1 atom stereocenters. The largest absolute Gasteiger partial charge is 0.379 e. The van der Waals surface area contributed by atoms with Gasteiger partial charge in [-0.15, -0.1) is 0 Å². The summed E-state index contributed by atoms with van der Waals surface area (Å²) in [5.41, 5.74) is 2.44. The Balaban J connectivity index is 1.32. The summed E-state index contributed by atoms with van der Waals surface area (Å²) in [6.45, 7) is 4.21. The van der Waals surface area contributed by atoms with Gasteiger partial charge in [0, 0.05) is 51.6 Å². The number of benzene rings is 3. The predicted octanol–water partition coefficient (Wildman–Crippen LogP) is 3.29. The molecule has 0 unspecified atom stereocenters. The number of carbonyl (C=O) groups is 2. The lowest BCUT2D eigenvalue weighted by molar-refractivity contribution is -0.141. The summed E-state index contributed by atoms with van der Waals surface area (Å²) < 4.78 is 46.9. The van der Waals surface area contributed by atoms with Gasteiger partial charge in [-0.25, -0.2) is 17.5 Å². The first kappa shape index (κ1) is 32.7. The molecule has 3 aromatic rings. The monoisotopic (exact) mass is 636 g/mol. The minimum atomic E-state index is -3.57. The first-order valence-electron chi connectivity index (χ1n) is 15.5. The van der Waals surface area contributed by atoms with Crippen LogP contribution in [0.4, 0.5) is 4.39 Å². The summed E-state index contributed by atoms with van der Waals surface area (Å²) in [4.78, 5) is 31.8. The number of halogens is 1. The molecule has 45 heavy (non-hydrogen) atoms. The van der Waals surface area contributed by atoms with E-state index in [1.165, 1.54) is 12.1 Å². The van der Waals surface area contributed by atoms with Crippen LogP contribution in [0.25, 0.3) is 0 Å². The van der Waals surface area contributed by atoms with E-state index in [0.29, 0.717) is 44.7 Å². The van der Waals surface area contributed by atoms with E-state index in [-0.39, 0.29) is 41.5 Å². The number of aryl methyl sites for hydroxylation is 1. The Morgan fingerprint density at radius 2 is 1.58 bits per heavy atom. The summed E-state index contributed by atoms with van der Waals surface area (Å²) >= 11 is 0. The fourth-order valence-electron chi connectivity index (χ4n) is 5.34. The number of sulfonamides is 1. The van der Waals surface area contributed by atoms with Gasteiger partial charge in [-0.05, 0) is 60.2 Å². The lowest BCUT2D eigenvalue weighted by Crippen LogP contribution is -2.52. The molecular weight excluding hydrogens is 595 g/mol. The van der Waals surface area contributed by atoms with Gasteiger partial charge in [-0.1, -0.05) is 54.6 Å². The van der Waals surface area contributed by atoms with Crippen LogP contribution in [0.5, 0.6) is 0 Å². The molecule has 240 valence electrons. The quantitative estimate of drug-likeness (QED) is 0.265. The molecule has 2 N–H and O–H groups in total. The summed E-state index contributed by atoms with van der Waals surface area (Å²) in [7, 11) is -3.57. The summed E-state index contributed by atoms with van der Waals surface area (Å²) in [6.07, 6.45) is 2.50. The number of hydrogen-bond donors (Lipinski definition) is 2. The van der Waals surface area contributed by atoms with Crippen LogP contribution in [0.15, 0.2) is 83.8 Å². The number of nitrogens with zero attached hydrogens (tertiary/aromatic N) is 2. The van der Waals surface area contributed by atoms with E-state index in [2.05, 4.69) is 14.9 Å². The number of rotatable bonds is 15. The van der Waals surface area contributed by atoms with Crippen molar-refractivity contribution in [2.24, 2.45) is 0 Å². The van der Waals surface area contributed by atoms with Crippen molar-refractivity contribution < 1.29 is 27.1 Å². The molecule has 11 heteroatoms. The summed E-state index contributed by atoms with van der Waals surface area (Å²) in [5.74, 6) is -0.855. The van der Waals surface area contributed by atoms with Gasteiger partial charge < -0.3 is 15.0 Å². The van der Waals surface area contributed by atoms with Crippen LogP contribution >= 0.6 is 0 Å². The predicted molar refractivity (Wildman–Crippen MR) is 169 cm³/mol. The van der Waals surface area contributed by atoms with Crippen molar-refractivity contribution >= 4 is 21.8 Å². The van der Waals surface area contributed by atoms with Gasteiger partial charge in [-0.3, -0.25) is 14.5 Å². The van der Waals surface area contributed by atoms with Crippen molar-refractivity contribution in [1.82, 2.24) is 19.8 Å². The molecule has 2 amide bonds. The van der Waals surface area contributed by atoms with Crippen molar-refractivity contribution in [2.75, 3.05) is 39.4 Å². The van der Waals surface area contributed by atoms with E-state index in [4.69, 9.17) is 4.74 Å². The average molecular weight is 637 g/mol. The van der Waals surface area contributed by atoms with Gasteiger partial charge in [0.25, 0.3) is 0 Å². The first-order valence-corrected chi connectivity index (χ1v) is 17.0. The van der Waals surface area contributed by atoms with Crippen LogP contribution in [0.2, 0.25) is 0 Å². The maximum absolute atomic E-state index is 13.9. The average Bonchev–Trinajstić information content (AvgIpc) is 3.87. The number of ether oxygens (including phenoxy) is 1. The molecular formula is C34H41FN4O5S. The third-order valence-electron chi connectivity index (χ3n) is 8.13. The molecule has 0 spiro atoms. The highest BCUT2D eigenvalue weighted by Crippen LogP contribution is 2.23. The molecule has 2 fully saturated rings. The second kappa shape index (κ2) is 15.6. The van der Waals surface area contributed by atoms with Crippen molar-refractivity contribution in [1.29, 1.82) is 0 Å². The number of morpholine rings is 1. The van der Waals surface area contributed by atoms with E-state index in [0.717, 1.165) is 37.1 Å². The maximum Gasteiger partial charge on any atom is 0.243 e. The summed E-state index contributed by atoms with van der Waals surface area (Å²) in [6, 6.07) is 21.3. The van der Waals surface area contributed by atoms with Gasteiger partial charge >= 0.3 is 0 Å². The second-order valence-corrected chi connectivity index (χ2v) is 13.4. The molecule has 0 radical (unpaired) electrons. The lowest BCUT2D eigenvalue weighted by Gasteiger charge is -2.32. The third-order valence-corrected chi connectivity index (χ3v) is 9.67. The fraction of sp³-hybridized carbons (Fsp3) is 0.412. The molecule has 2 aliphatic rings. The lowest BCUT2D eigenvalue weighted by atomic mass is 10.0. The van der Waals surface area contributed by atoms with E-state index in [1.807, 2.05) is 30.3 Å². The van der Waals surface area contributed by atoms with Crippen molar-refractivity contribution in [3.8, 4) is 0 Å². The molecule has 0 bridgehead atoms. The molecule has 1 saturated carbocycles. The Kier molecular flexibility index (Phi) is 11.3. The van der Waals surface area contributed by atoms with Gasteiger partial charge in [0.1, 0.15) is 11.9 Å². The van der Waals surface area contributed by atoms with E-state index >= 15 is 0 Å². The van der Waals surface area contributed by atoms with E-state index in [9.17, 15) is 22.4 Å². The SMILES string of the molecule is O=C(NCCN1CCOCC1)[C@H](Cc1ccccc1)N(Cc1ccc(F)cc1)C(=O)CCc1ccc(S(=O)(=O)NC2CC2)cc1. The van der Waals surface area contributed by atoms with E-state index < -0.39 is 16.1 Å². The molecule has 0 aromatic heterocycles. The van der Waals surface area contributed by atoms with Crippen LogP contribution in [0.1, 0.15) is 36.0 Å². The Bertz CT molecular complexity index is 1510. The zero-order valence-corrected chi connectivity index (χ0v) is 26.2. The summed E-state index contributed by atoms with van der Waals surface area (Å²) in [5, 5.41) is 3.05. The fourth-order valence-corrected chi connectivity index (χ4v) is 6.64. The van der Waals surface area contributed by atoms with Gasteiger partial charge in [0.15, 0.2) is 0 Å². The molecule has 1 aliphatic carbocycles. The van der Waals surface area contributed by atoms with Crippen molar-refractivity contribution in [3.05, 3.63) is 101 Å². The van der Waals surface area contributed by atoms with Crippen LogP contribution in [-0.2, 0) is 43.7 Å². The van der Waals surface area contributed by atoms with Crippen LogP contribution in [0, 0.1) is 5.82 Å². The normalized spacial score (nSPS) is 16.2. The zero-order chi connectivity index (χ0) is 31.6. The second-order valence-electron chi connectivity index (χ2n) is 11.6. The van der Waals surface area contributed by atoms with Crippen LogP contribution in [-0.4, -0.2) is 81.5 Å². The van der Waals surface area contributed by atoms with Gasteiger partial charge in [0.05, 0.1) is 18.1 Å². The highest BCUT2D eigenvalue weighted by atomic mass is 32.2. The molecule has 1 heterocycles. The van der Waals surface area contributed by atoms with Crippen molar-refractivity contribution in [2.45, 2.75) is 55.6 Å². The molecule has 3 aromatic carbocycles. The third kappa shape index (κ3) is 9.92. The number of nitrogens with one attached hydrogen (secondary N) is 2. The van der Waals surface area contributed by atoms with Crippen LogP contribution in [0.3, 0.4) is 0 Å². The molecule has 1 aliphatic heterocycles. The van der Waals surface area contributed by atoms with Gasteiger partial charge in [0.2, 0.25) is 21.8 Å². The first-order chi connectivity index (χ1) is 21.8. The minimum absolute atomic E-state index is 0.0137. The van der Waals surface area contributed by atoms with Crippen LogP contribution < -0.4 is 10.0 Å². The van der Waals surface area contributed by atoms with Crippen molar-refractivity contribution in [3.63, 3.8) is 0 Å². The maximum atomic E-state index is 13.9. The Hall–Kier alpha value is -3.64. The topological polar surface area (TPSA) is 108 Å². The number of amides is 2. The molecule has 5 rings (SSSR count). The van der Waals surface area contributed by atoms with E-state index in [1.54, 1.807) is 41.3 Å². The highest BCUT2D eigenvalue weighted by Gasteiger charge is 2.31. The zero-order valence-electron chi connectivity index (χ0n) is 25.4. The smallest absolute Gasteiger partial charge is 0.243 e. The highest BCUT2D eigenvalue weighted by molar-refractivity contribution is 7.89. The Morgan fingerprint density at radius 3 is 2.24 bits per heavy atom. The number of carbonyl (C=O) groups excluding carboxylic acids is 2. The molecule has 9 nitrogen and oxygen atoms in total. The number of hydrogen-bond acceptors (Lipinski definition) is 6. The standard InChI is InChI=1S/C34H41FN4O5S/c35-29-11-6-28(7-12-29)25-39(33(40)17-10-26-8-15-31(16-9-26)45(42,43)37-30-13-14-30)32(24-27-4-2-1-3-5-27)34(41)36-18-19-38-20-22-44-23-21-38/h1-9,11-12,15-16,30,32,37H,10,13-14,17-25H2,(H,36,41)/t32-/m0/s1. The minimum Gasteiger partial charge on any atom is -0.379 e. The Morgan fingerprint density at radius 1 is 0.911 bits per heavy atom.